The number of hydrogen-bond donors (Lipinski definition) is 1. The van der Waals surface area contributed by atoms with Gasteiger partial charge in [0, 0.05) is 42.9 Å². The standard InChI is InChI=1S/C18H22FN3.C2HF3O2/c1-3-7-22-10-13-9-16-17(15(13)11-22)18(20-21(16)2)12-5-4-6-14(19)8-12;3-2(4,5)1(6)7/h4-6,8,13,15H,3,7,9-11H2,1-2H3;(H,6,7)/t13-,15+;/m1./s1. The highest BCUT2D eigenvalue weighted by Gasteiger charge is 2.43. The molecule has 2 aliphatic rings. The predicted octanol–water partition coefficient (Wildman–Crippen LogP) is 3.84. The molecule has 0 saturated carbocycles. The van der Waals surface area contributed by atoms with Crippen molar-refractivity contribution in [2.45, 2.75) is 31.9 Å². The van der Waals surface area contributed by atoms with Crippen LogP contribution in [0.4, 0.5) is 17.6 Å². The van der Waals surface area contributed by atoms with Gasteiger partial charge in [0.2, 0.25) is 0 Å². The molecule has 1 saturated heterocycles. The smallest absolute Gasteiger partial charge is 0.475 e. The van der Waals surface area contributed by atoms with Crippen LogP contribution in [0.3, 0.4) is 0 Å². The Balaban J connectivity index is 0.000000298. The van der Waals surface area contributed by atoms with E-state index in [0.29, 0.717) is 11.8 Å². The number of nitrogens with zero attached hydrogens (tertiary/aromatic N) is 3. The molecule has 0 amide bonds. The third kappa shape index (κ3) is 4.44. The topological polar surface area (TPSA) is 58.4 Å². The molecule has 0 unspecified atom stereocenters. The summed E-state index contributed by atoms with van der Waals surface area (Å²) in [6.45, 7) is 5.73. The highest BCUT2D eigenvalue weighted by molar-refractivity contribution is 5.73. The zero-order valence-corrected chi connectivity index (χ0v) is 16.2. The Kier molecular flexibility index (Phi) is 5.97. The molecule has 2 heterocycles. The number of fused-ring (bicyclic) bond motifs is 3. The predicted molar refractivity (Wildman–Crippen MR) is 99.0 cm³/mol. The molecule has 2 aromatic rings. The fourth-order valence-corrected chi connectivity index (χ4v) is 4.30. The third-order valence-electron chi connectivity index (χ3n) is 5.43. The molecule has 1 aliphatic heterocycles. The molecule has 4 rings (SSSR count). The van der Waals surface area contributed by atoms with Gasteiger partial charge in [-0.15, -0.1) is 0 Å². The Hall–Kier alpha value is -2.42. The maximum Gasteiger partial charge on any atom is 0.490 e. The van der Waals surface area contributed by atoms with Crippen LogP contribution < -0.4 is 0 Å². The van der Waals surface area contributed by atoms with Crippen LogP contribution in [0.5, 0.6) is 0 Å². The van der Waals surface area contributed by atoms with Crippen molar-refractivity contribution in [3.63, 3.8) is 0 Å². The zero-order chi connectivity index (χ0) is 21.3. The van der Waals surface area contributed by atoms with Gasteiger partial charge in [-0.3, -0.25) is 4.68 Å². The lowest BCUT2D eigenvalue weighted by atomic mass is 9.94. The number of likely N-dealkylation sites (tertiary alicyclic amines) is 1. The first-order valence-electron chi connectivity index (χ1n) is 9.46. The Morgan fingerprint density at radius 1 is 1.31 bits per heavy atom. The van der Waals surface area contributed by atoms with Crippen molar-refractivity contribution in [1.29, 1.82) is 0 Å². The summed E-state index contributed by atoms with van der Waals surface area (Å²) in [6, 6.07) is 6.84. The van der Waals surface area contributed by atoms with Gasteiger partial charge in [0.15, 0.2) is 0 Å². The molecule has 1 aliphatic carbocycles. The van der Waals surface area contributed by atoms with Crippen molar-refractivity contribution in [3.05, 3.63) is 41.3 Å². The first-order valence-corrected chi connectivity index (χ1v) is 9.46. The molecule has 158 valence electrons. The molecule has 0 radical (unpaired) electrons. The monoisotopic (exact) mass is 413 g/mol. The second-order valence-corrected chi connectivity index (χ2v) is 7.48. The highest BCUT2D eigenvalue weighted by atomic mass is 19.4. The Morgan fingerprint density at radius 2 is 2.00 bits per heavy atom. The van der Waals surface area contributed by atoms with Crippen molar-refractivity contribution in [2.75, 3.05) is 19.6 Å². The molecule has 9 heteroatoms. The van der Waals surface area contributed by atoms with E-state index in [1.165, 1.54) is 36.8 Å². The van der Waals surface area contributed by atoms with Crippen LogP contribution in [-0.2, 0) is 18.3 Å². The minimum atomic E-state index is -5.08. The third-order valence-corrected chi connectivity index (χ3v) is 5.43. The second kappa shape index (κ2) is 8.14. The van der Waals surface area contributed by atoms with Gasteiger partial charge in [0.05, 0.1) is 5.69 Å². The Bertz CT molecular complexity index is 894. The van der Waals surface area contributed by atoms with E-state index in [4.69, 9.17) is 15.0 Å². The first-order chi connectivity index (χ1) is 13.6. The highest BCUT2D eigenvalue weighted by Crippen LogP contribution is 2.46. The number of alkyl halides is 3. The molecule has 1 aromatic carbocycles. The summed E-state index contributed by atoms with van der Waals surface area (Å²) < 4.78 is 47.3. The molecule has 0 bridgehead atoms. The van der Waals surface area contributed by atoms with Crippen LogP contribution >= 0.6 is 0 Å². The van der Waals surface area contributed by atoms with Crippen LogP contribution in [0.1, 0.15) is 30.5 Å². The van der Waals surface area contributed by atoms with Gasteiger partial charge in [0.1, 0.15) is 5.82 Å². The number of rotatable bonds is 3. The van der Waals surface area contributed by atoms with Gasteiger partial charge in [-0.25, -0.2) is 9.18 Å². The lowest BCUT2D eigenvalue weighted by Gasteiger charge is -2.15. The minimum absolute atomic E-state index is 0.189. The number of carboxylic acid groups (broad SMARTS) is 1. The van der Waals surface area contributed by atoms with Crippen LogP contribution in [0.2, 0.25) is 0 Å². The van der Waals surface area contributed by atoms with Gasteiger partial charge in [-0.05, 0) is 37.4 Å². The van der Waals surface area contributed by atoms with Gasteiger partial charge < -0.3 is 10.0 Å². The summed E-state index contributed by atoms with van der Waals surface area (Å²) in [6.07, 6.45) is -2.77. The summed E-state index contributed by atoms with van der Waals surface area (Å²) in [7, 11) is 2.02. The van der Waals surface area contributed by atoms with Crippen molar-refractivity contribution < 1.29 is 27.5 Å². The quantitative estimate of drug-likeness (QED) is 0.777. The number of benzene rings is 1. The van der Waals surface area contributed by atoms with Crippen LogP contribution in [0.25, 0.3) is 11.3 Å². The minimum Gasteiger partial charge on any atom is -0.475 e. The number of carbonyl (C=O) groups is 1. The molecule has 0 spiro atoms. The maximum absolute atomic E-state index is 13.6. The fourth-order valence-electron chi connectivity index (χ4n) is 4.30. The van der Waals surface area contributed by atoms with Gasteiger partial charge >= 0.3 is 12.1 Å². The van der Waals surface area contributed by atoms with E-state index >= 15 is 0 Å². The number of carboxylic acids is 1. The average molecular weight is 413 g/mol. The van der Waals surface area contributed by atoms with E-state index in [1.54, 1.807) is 12.1 Å². The molecule has 5 nitrogen and oxygen atoms in total. The largest absolute Gasteiger partial charge is 0.490 e. The summed E-state index contributed by atoms with van der Waals surface area (Å²) >= 11 is 0. The molecule has 29 heavy (non-hydrogen) atoms. The first kappa shape index (κ1) is 21.3. The molecule has 1 fully saturated rings. The molecule has 1 N–H and O–H groups in total. The number of aliphatic carboxylic acids is 1. The summed E-state index contributed by atoms with van der Waals surface area (Å²) in [5.74, 6) is -1.68. The van der Waals surface area contributed by atoms with E-state index in [1.807, 2.05) is 17.8 Å². The van der Waals surface area contributed by atoms with Crippen molar-refractivity contribution in [3.8, 4) is 11.3 Å². The normalized spacial score (nSPS) is 20.8. The zero-order valence-electron chi connectivity index (χ0n) is 16.2. The van der Waals surface area contributed by atoms with Crippen molar-refractivity contribution in [2.24, 2.45) is 13.0 Å². The van der Waals surface area contributed by atoms with Crippen molar-refractivity contribution in [1.82, 2.24) is 14.7 Å². The Morgan fingerprint density at radius 3 is 2.59 bits per heavy atom. The molecular weight excluding hydrogens is 390 g/mol. The van der Waals surface area contributed by atoms with Crippen molar-refractivity contribution >= 4 is 5.97 Å². The average Bonchev–Trinajstić information content (AvgIpc) is 3.26. The van der Waals surface area contributed by atoms with E-state index in [9.17, 15) is 17.6 Å². The maximum atomic E-state index is 13.6. The number of halogens is 4. The second-order valence-electron chi connectivity index (χ2n) is 7.48. The summed E-state index contributed by atoms with van der Waals surface area (Å²) in [5, 5.41) is 11.8. The lowest BCUT2D eigenvalue weighted by Crippen LogP contribution is -2.22. The number of hydrogen-bond acceptors (Lipinski definition) is 3. The lowest BCUT2D eigenvalue weighted by molar-refractivity contribution is -0.192. The van der Waals surface area contributed by atoms with Gasteiger partial charge in [0.25, 0.3) is 0 Å². The van der Waals surface area contributed by atoms with Gasteiger partial charge in [-0.2, -0.15) is 18.3 Å². The van der Waals surface area contributed by atoms with Crippen LogP contribution in [0.15, 0.2) is 24.3 Å². The molecule has 1 aromatic heterocycles. The SMILES string of the molecule is CCCN1C[C@H]2Cc3c(c(-c4cccc(F)c4)nn3C)[C@H]2C1.O=C(O)C(F)(F)F. The number of aryl methyl sites for hydroxylation is 1. The fraction of sp³-hybridized carbons (Fsp3) is 0.500. The number of aromatic nitrogens is 2. The van der Waals surface area contributed by atoms with Crippen LogP contribution in [-0.4, -0.2) is 51.6 Å². The van der Waals surface area contributed by atoms with E-state index in [-0.39, 0.29) is 5.82 Å². The molecule has 2 atom stereocenters. The Labute approximate surface area is 165 Å². The van der Waals surface area contributed by atoms with Gasteiger partial charge in [-0.1, -0.05) is 19.1 Å². The summed E-state index contributed by atoms with van der Waals surface area (Å²) in [4.78, 5) is 11.5. The molecular formula is C20H23F4N3O2. The summed E-state index contributed by atoms with van der Waals surface area (Å²) in [5.41, 5.74) is 4.62. The van der Waals surface area contributed by atoms with Crippen LogP contribution in [0, 0.1) is 11.7 Å². The van der Waals surface area contributed by atoms with E-state index in [0.717, 1.165) is 24.2 Å². The van der Waals surface area contributed by atoms with E-state index in [2.05, 4.69) is 11.8 Å². The van der Waals surface area contributed by atoms with E-state index < -0.39 is 12.1 Å².